The lowest BCUT2D eigenvalue weighted by atomic mass is 9.91. The highest BCUT2D eigenvalue weighted by atomic mass is 79.9. The van der Waals surface area contributed by atoms with Gasteiger partial charge in [0, 0.05) is 11.8 Å². The van der Waals surface area contributed by atoms with E-state index in [1.165, 1.54) is 5.56 Å². The van der Waals surface area contributed by atoms with Crippen LogP contribution in [0.2, 0.25) is 0 Å². The second kappa shape index (κ2) is 4.98. The molecule has 2 aromatic rings. The van der Waals surface area contributed by atoms with Crippen molar-refractivity contribution in [1.29, 1.82) is 0 Å². The van der Waals surface area contributed by atoms with Crippen LogP contribution >= 0.6 is 15.9 Å². The van der Waals surface area contributed by atoms with Crippen LogP contribution in [0.3, 0.4) is 0 Å². The lowest BCUT2D eigenvalue weighted by Crippen LogP contribution is -2.20. The van der Waals surface area contributed by atoms with Crippen molar-refractivity contribution in [2.75, 3.05) is 5.73 Å². The Morgan fingerprint density at radius 1 is 1.24 bits per heavy atom. The van der Waals surface area contributed by atoms with E-state index in [0.717, 1.165) is 22.3 Å². The molecule has 0 spiro atoms. The number of anilines is 1. The van der Waals surface area contributed by atoms with Crippen LogP contribution in [0.15, 0.2) is 28.7 Å². The van der Waals surface area contributed by atoms with Gasteiger partial charge in [-0.2, -0.15) is 0 Å². The molecule has 1 aromatic carbocycles. The summed E-state index contributed by atoms with van der Waals surface area (Å²) in [5.41, 5.74) is 8.01. The van der Waals surface area contributed by atoms with Crippen molar-refractivity contribution in [3.8, 4) is 5.75 Å². The summed E-state index contributed by atoms with van der Waals surface area (Å²) in [6.07, 6.45) is 0.611. The minimum atomic E-state index is -0.168. The topological polar surface area (TPSA) is 61.0 Å². The maximum absolute atomic E-state index is 6.04. The molecule has 21 heavy (non-hydrogen) atoms. The van der Waals surface area contributed by atoms with Crippen LogP contribution in [0.1, 0.15) is 44.0 Å². The van der Waals surface area contributed by atoms with Crippen molar-refractivity contribution in [3.05, 3.63) is 45.8 Å². The van der Waals surface area contributed by atoms with Gasteiger partial charge in [0.15, 0.2) is 11.9 Å². The fourth-order valence-corrected chi connectivity index (χ4v) is 3.22. The first kappa shape index (κ1) is 14.3. The Kier molecular flexibility index (Phi) is 3.40. The van der Waals surface area contributed by atoms with Gasteiger partial charge in [0.1, 0.15) is 11.6 Å². The molecule has 1 aliphatic rings. The van der Waals surface area contributed by atoms with E-state index in [2.05, 4.69) is 47.8 Å². The van der Waals surface area contributed by atoms with Gasteiger partial charge in [-0.15, -0.1) is 0 Å². The number of hydrogen-bond donors (Lipinski definition) is 1. The molecule has 5 heteroatoms. The van der Waals surface area contributed by atoms with Crippen molar-refractivity contribution in [3.63, 3.8) is 0 Å². The number of halogens is 1. The fourth-order valence-electron chi connectivity index (χ4n) is 2.45. The highest BCUT2D eigenvalue weighted by Gasteiger charge is 2.29. The highest BCUT2D eigenvalue weighted by molar-refractivity contribution is 9.10. The minimum Gasteiger partial charge on any atom is -0.482 e. The second-order valence-corrected chi connectivity index (χ2v) is 7.09. The highest BCUT2D eigenvalue weighted by Crippen LogP contribution is 2.37. The fraction of sp³-hybridized carbons (Fsp3) is 0.375. The molecule has 1 aromatic heterocycles. The van der Waals surface area contributed by atoms with Crippen LogP contribution in [0.25, 0.3) is 0 Å². The number of nitrogen functional groups attached to an aromatic ring is 1. The van der Waals surface area contributed by atoms with Crippen LogP contribution in [-0.2, 0) is 11.8 Å². The summed E-state index contributed by atoms with van der Waals surface area (Å²) in [4.78, 5) is 9.11. The Hall–Kier alpha value is -1.62. The number of hydrogen-bond acceptors (Lipinski definition) is 4. The number of fused-ring (bicyclic) bond motifs is 1. The van der Waals surface area contributed by atoms with Gasteiger partial charge in [-0.3, -0.25) is 0 Å². The first-order valence-electron chi connectivity index (χ1n) is 6.94. The molecule has 3 rings (SSSR count). The van der Waals surface area contributed by atoms with Crippen molar-refractivity contribution >= 4 is 21.7 Å². The number of ether oxygens (including phenoxy) is 1. The average Bonchev–Trinajstić information content (AvgIpc) is 2.84. The average molecular weight is 348 g/mol. The van der Waals surface area contributed by atoms with Gasteiger partial charge in [0.25, 0.3) is 0 Å². The van der Waals surface area contributed by atoms with E-state index >= 15 is 0 Å². The molecule has 0 saturated heterocycles. The summed E-state index contributed by atoms with van der Waals surface area (Å²) < 4.78 is 6.73. The minimum absolute atomic E-state index is 0.115. The van der Waals surface area contributed by atoms with Gasteiger partial charge < -0.3 is 10.5 Å². The standard InChI is InChI=1S/C16H18BrN3O/c1-16(2,3)13-12(17)14(18)20-15(19-13)11-8-9-6-4-5-7-10(9)21-11/h4-7,11H,8H2,1-3H3,(H2,18,19,20). The monoisotopic (exact) mass is 347 g/mol. The second-order valence-electron chi connectivity index (χ2n) is 6.30. The van der Waals surface area contributed by atoms with Crippen molar-refractivity contribution in [2.45, 2.75) is 38.7 Å². The number of nitrogens with two attached hydrogens (primary N) is 1. The zero-order valence-corrected chi connectivity index (χ0v) is 13.9. The normalized spacial score (nSPS) is 17.4. The summed E-state index contributed by atoms with van der Waals surface area (Å²) in [6.45, 7) is 6.31. The lowest BCUT2D eigenvalue weighted by Gasteiger charge is -2.22. The van der Waals surface area contributed by atoms with Crippen LogP contribution in [0.4, 0.5) is 5.82 Å². The van der Waals surface area contributed by atoms with Gasteiger partial charge in [0.2, 0.25) is 0 Å². The lowest BCUT2D eigenvalue weighted by molar-refractivity contribution is 0.226. The van der Waals surface area contributed by atoms with Crippen LogP contribution in [-0.4, -0.2) is 9.97 Å². The van der Waals surface area contributed by atoms with E-state index in [0.29, 0.717) is 11.6 Å². The molecule has 1 unspecified atom stereocenters. The quantitative estimate of drug-likeness (QED) is 0.852. The summed E-state index contributed by atoms with van der Waals surface area (Å²) in [7, 11) is 0. The molecule has 110 valence electrons. The molecule has 0 bridgehead atoms. The third-order valence-electron chi connectivity index (χ3n) is 3.54. The van der Waals surface area contributed by atoms with E-state index in [-0.39, 0.29) is 11.5 Å². The van der Waals surface area contributed by atoms with E-state index in [1.54, 1.807) is 0 Å². The molecule has 2 heterocycles. The Morgan fingerprint density at radius 2 is 1.95 bits per heavy atom. The molecule has 1 aliphatic heterocycles. The van der Waals surface area contributed by atoms with Crippen molar-refractivity contribution in [1.82, 2.24) is 9.97 Å². The number of rotatable bonds is 1. The van der Waals surface area contributed by atoms with Gasteiger partial charge in [0.05, 0.1) is 10.2 Å². The first-order chi connectivity index (χ1) is 9.86. The zero-order chi connectivity index (χ0) is 15.2. The molecule has 0 aliphatic carbocycles. The summed E-state index contributed by atoms with van der Waals surface area (Å²) in [5.74, 6) is 2.02. The Labute approximate surface area is 132 Å². The summed E-state index contributed by atoms with van der Waals surface area (Å²) in [5, 5.41) is 0. The molecule has 0 fully saturated rings. The van der Waals surface area contributed by atoms with Gasteiger partial charge in [-0.1, -0.05) is 39.0 Å². The largest absolute Gasteiger partial charge is 0.482 e. The van der Waals surface area contributed by atoms with Gasteiger partial charge >= 0.3 is 0 Å². The maximum Gasteiger partial charge on any atom is 0.172 e. The van der Waals surface area contributed by atoms with E-state index in [4.69, 9.17) is 15.5 Å². The van der Waals surface area contributed by atoms with Crippen molar-refractivity contribution < 1.29 is 4.74 Å². The van der Waals surface area contributed by atoms with Crippen molar-refractivity contribution in [2.24, 2.45) is 0 Å². The molecule has 1 atom stereocenters. The Bertz CT molecular complexity index is 669. The molecule has 2 N–H and O–H groups in total. The Balaban J connectivity index is 2.00. The van der Waals surface area contributed by atoms with Crippen LogP contribution in [0.5, 0.6) is 5.75 Å². The molecule has 4 nitrogen and oxygen atoms in total. The Morgan fingerprint density at radius 3 is 2.62 bits per heavy atom. The maximum atomic E-state index is 6.04. The predicted molar refractivity (Wildman–Crippen MR) is 86.4 cm³/mol. The van der Waals surface area contributed by atoms with Gasteiger partial charge in [-0.05, 0) is 27.6 Å². The smallest absolute Gasteiger partial charge is 0.172 e. The number of aromatic nitrogens is 2. The number of benzene rings is 1. The zero-order valence-electron chi connectivity index (χ0n) is 12.4. The third kappa shape index (κ3) is 2.62. The van der Waals surface area contributed by atoms with Crippen LogP contribution in [0, 0.1) is 0 Å². The summed E-state index contributed by atoms with van der Waals surface area (Å²) in [6, 6.07) is 8.03. The van der Waals surface area contributed by atoms with Crippen LogP contribution < -0.4 is 10.5 Å². The summed E-state index contributed by atoms with van der Waals surface area (Å²) >= 11 is 3.50. The van der Waals surface area contributed by atoms with E-state index in [1.807, 2.05) is 18.2 Å². The molecule has 0 saturated carbocycles. The predicted octanol–water partition coefficient (Wildman–Crippen LogP) is 3.80. The van der Waals surface area contributed by atoms with E-state index in [9.17, 15) is 0 Å². The number of nitrogens with zero attached hydrogens (tertiary/aromatic N) is 2. The van der Waals surface area contributed by atoms with Gasteiger partial charge in [-0.25, -0.2) is 9.97 Å². The number of para-hydroxylation sites is 1. The molecule has 0 amide bonds. The molecular weight excluding hydrogens is 330 g/mol. The first-order valence-corrected chi connectivity index (χ1v) is 7.73. The van der Waals surface area contributed by atoms with E-state index < -0.39 is 0 Å². The molecule has 0 radical (unpaired) electrons. The molecular formula is C16H18BrN3O. The third-order valence-corrected chi connectivity index (χ3v) is 4.32. The SMILES string of the molecule is CC(C)(C)c1nc(C2Cc3ccccc3O2)nc(N)c1Br.